The molecule has 4 aromatic rings. The molecule has 1 heterocycles. The Kier molecular flexibility index (Phi) is 6.10. The minimum absolute atomic E-state index is 0.258. The summed E-state index contributed by atoms with van der Waals surface area (Å²) >= 11 is 0. The Hall–Kier alpha value is -3.90. The van der Waals surface area contributed by atoms with Crippen molar-refractivity contribution in [3.8, 4) is 0 Å². The number of rotatable bonds is 7. The molecular weight excluding hydrogens is 388 g/mol. The molecule has 0 radical (unpaired) electrons. The van der Waals surface area contributed by atoms with Gasteiger partial charge in [0.1, 0.15) is 6.04 Å². The summed E-state index contributed by atoms with van der Waals surface area (Å²) < 4.78 is 0. The first kappa shape index (κ1) is 20.4. The molecule has 0 spiro atoms. The number of benzene rings is 3. The summed E-state index contributed by atoms with van der Waals surface area (Å²) in [5, 5.41) is 3.93. The van der Waals surface area contributed by atoms with Gasteiger partial charge in [0.15, 0.2) is 0 Å². The third kappa shape index (κ3) is 4.49. The van der Waals surface area contributed by atoms with E-state index in [9.17, 15) is 9.59 Å². The zero-order chi connectivity index (χ0) is 21.6. The summed E-state index contributed by atoms with van der Waals surface area (Å²) in [5.74, 6) is 4.18. The minimum Gasteiger partial charge on any atom is -0.361 e. The molecule has 0 aliphatic heterocycles. The molecule has 5 N–H and O–H groups in total. The van der Waals surface area contributed by atoms with E-state index in [1.54, 1.807) is 0 Å². The second-order valence-corrected chi connectivity index (χ2v) is 7.39. The van der Waals surface area contributed by atoms with Crippen molar-refractivity contribution in [3.05, 3.63) is 108 Å². The Morgan fingerprint density at radius 2 is 1.39 bits per heavy atom. The van der Waals surface area contributed by atoms with Crippen molar-refractivity contribution in [2.45, 2.75) is 18.4 Å². The van der Waals surface area contributed by atoms with E-state index in [0.29, 0.717) is 6.42 Å². The second-order valence-electron chi connectivity index (χ2n) is 7.39. The quantitative estimate of drug-likeness (QED) is 0.213. The molecule has 0 aliphatic carbocycles. The molecule has 0 aliphatic rings. The minimum atomic E-state index is -0.813. The van der Waals surface area contributed by atoms with Crippen LogP contribution in [0.5, 0.6) is 0 Å². The topological polar surface area (TPSA) is 100 Å². The van der Waals surface area contributed by atoms with Gasteiger partial charge in [0.25, 0.3) is 5.91 Å². The highest BCUT2D eigenvalue weighted by Gasteiger charge is 2.28. The Labute approximate surface area is 180 Å². The van der Waals surface area contributed by atoms with E-state index in [1.807, 2.05) is 91.1 Å². The monoisotopic (exact) mass is 412 g/mol. The van der Waals surface area contributed by atoms with Crippen molar-refractivity contribution < 1.29 is 9.59 Å². The Balaban J connectivity index is 1.63. The van der Waals surface area contributed by atoms with Gasteiger partial charge in [-0.05, 0) is 22.8 Å². The van der Waals surface area contributed by atoms with Crippen LogP contribution in [0.1, 0.15) is 22.6 Å². The highest BCUT2D eigenvalue weighted by Crippen LogP contribution is 2.25. The number of H-pyrrole nitrogens is 1. The maximum absolute atomic E-state index is 13.4. The third-order valence-electron chi connectivity index (χ3n) is 5.40. The first-order valence-corrected chi connectivity index (χ1v) is 10.1. The van der Waals surface area contributed by atoms with Gasteiger partial charge in [0.2, 0.25) is 5.91 Å². The lowest BCUT2D eigenvalue weighted by Gasteiger charge is -2.22. The molecule has 3 aromatic carbocycles. The maximum Gasteiger partial charge on any atom is 0.256 e. The van der Waals surface area contributed by atoms with Crippen molar-refractivity contribution in [2.24, 2.45) is 5.84 Å². The second kappa shape index (κ2) is 9.28. The lowest BCUT2D eigenvalue weighted by atomic mass is 9.90. The van der Waals surface area contributed by atoms with Gasteiger partial charge in [-0.25, -0.2) is 5.84 Å². The molecule has 1 unspecified atom stereocenters. The summed E-state index contributed by atoms with van der Waals surface area (Å²) in [4.78, 5) is 29.2. The van der Waals surface area contributed by atoms with E-state index >= 15 is 0 Å². The van der Waals surface area contributed by atoms with Gasteiger partial charge < -0.3 is 10.3 Å². The number of nitrogens with two attached hydrogens (primary N) is 1. The van der Waals surface area contributed by atoms with Gasteiger partial charge in [-0.15, -0.1) is 0 Å². The number of amides is 2. The van der Waals surface area contributed by atoms with Crippen LogP contribution in [0.3, 0.4) is 0 Å². The van der Waals surface area contributed by atoms with Gasteiger partial charge in [-0.2, -0.15) is 0 Å². The first-order chi connectivity index (χ1) is 15.2. The number of carbonyl (C=O) groups excluding carboxylic acids is 2. The number of hydrogen-bond donors (Lipinski definition) is 4. The lowest BCUT2D eigenvalue weighted by Crippen LogP contribution is -2.51. The molecule has 2 amide bonds. The molecule has 0 fully saturated rings. The molecule has 31 heavy (non-hydrogen) atoms. The van der Waals surface area contributed by atoms with Crippen molar-refractivity contribution in [3.63, 3.8) is 0 Å². The maximum atomic E-state index is 13.4. The number of hydrogen-bond acceptors (Lipinski definition) is 3. The molecule has 4 rings (SSSR count). The SMILES string of the molecule is NNC(=O)C(Cc1c[nH]c2ccccc12)NC(=O)C(c1ccccc1)c1ccccc1. The highest BCUT2D eigenvalue weighted by atomic mass is 16.2. The first-order valence-electron chi connectivity index (χ1n) is 10.1. The summed E-state index contributed by atoms with van der Waals surface area (Å²) in [6.07, 6.45) is 2.18. The van der Waals surface area contributed by atoms with Crippen LogP contribution < -0.4 is 16.6 Å². The van der Waals surface area contributed by atoms with Crippen LogP contribution in [-0.2, 0) is 16.0 Å². The van der Waals surface area contributed by atoms with Crippen LogP contribution in [0.4, 0.5) is 0 Å². The van der Waals surface area contributed by atoms with Gasteiger partial charge in [0.05, 0.1) is 5.92 Å². The van der Waals surface area contributed by atoms with E-state index in [0.717, 1.165) is 27.6 Å². The molecule has 6 heteroatoms. The normalized spacial score (nSPS) is 11.9. The Morgan fingerprint density at radius 1 is 0.806 bits per heavy atom. The standard InChI is InChI=1S/C25H24N4O2/c26-29-24(30)22(15-19-16-27-21-14-8-7-13-20(19)21)28-25(31)23(17-9-3-1-4-10-17)18-11-5-2-6-12-18/h1-14,16,22-23,27H,15,26H2,(H,28,31)(H,29,30). The van der Waals surface area contributed by atoms with E-state index in [1.165, 1.54) is 0 Å². The number of fused-ring (bicyclic) bond motifs is 1. The summed E-state index contributed by atoms with van der Waals surface area (Å²) in [6.45, 7) is 0. The number of aromatic nitrogens is 1. The highest BCUT2D eigenvalue weighted by molar-refractivity contribution is 5.93. The molecule has 0 saturated heterocycles. The largest absolute Gasteiger partial charge is 0.361 e. The molecule has 6 nitrogen and oxygen atoms in total. The zero-order valence-corrected chi connectivity index (χ0v) is 16.9. The predicted octanol–water partition coefficient (Wildman–Crippen LogP) is 3.02. The fourth-order valence-electron chi connectivity index (χ4n) is 3.87. The fraction of sp³-hybridized carbons (Fsp3) is 0.120. The molecular formula is C25H24N4O2. The van der Waals surface area contributed by atoms with Crippen molar-refractivity contribution in [2.75, 3.05) is 0 Å². The number of para-hydroxylation sites is 1. The number of aromatic amines is 1. The molecule has 1 aromatic heterocycles. The fourth-order valence-corrected chi connectivity index (χ4v) is 3.87. The van der Waals surface area contributed by atoms with Crippen molar-refractivity contribution in [1.29, 1.82) is 0 Å². The number of nitrogens with one attached hydrogen (secondary N) is 3. The van der Waals surface area contributed by atoms with Gasteiger partial charge in [-0.3, -0.25) is 15.0 Å². The number of hydrazine groups is 1. The van der Waals surface area contributed by atoms with E-state index in [-0.39, 0.29) is 5.91 Å². The van der Waals surface area contributed by atoms with Gasteiger partial charge in [-0.1, -0.05) is 78.9 Å². The molecule has 0 saturated carbocycles. The molecule has 0 bridgehead atoms. The Morgan fingerprint density at radius 3 is 2.00 bits per heavy atom. The lowest BCUT2D eigenvalue weighted by molar-refractivity contribution is -0.129. The van der Waals surface area contributed by atoms with Crippen molar-refractivity contribution in [1.82, 2.24) is 15.7 Å². The Bertz CT molecular complexity index is 1130. The molecule has 156 valence electrons. The van der Waals surface area contributed by atoms with Crippen LogP contribution in [-0.4, -0.2) is 22.8 Å². The summed E-state index contributed by atoms with van der Waals surface area (Å²) in [6, 6.07) is 26.1. The molecule has 1 atom stereocenters. The van der Waals surface area contributed by atoms with Crippen LogP contribution in [0.25, 0.3) is 10.9 Å². The predicted molar refractivity (Wildman–Crippen MR) is 121 cm³/mol. The summed E-state index contributed by atoms with van der Waals surface area (Å²) in [5.41, 5.74) is 5.79. The van der Waals surface area contributed by atoms with Crippen LogP contribution in [0.15, 0.2) is 91.1 Å². The average molecular weight is 412 g/mol. The van der Waals surface area contributed by atoms with E-state index in [2.05, 4.69) is 15.7 Å². The third-order valence-corrected chi connectivity index (χ3v) is 5.40. The zero-order valence-electron chi connectivity index (χ0n) is 16.9. The van der Waals surface area contributed by atoms with Crippen LogP contribution in [0.2, 0.25) is 0 Å². The van der Waals surface area contributed by atoms with Gasteiger partial charge in [0, 0.05) is 23.5 Å². The van der Waals surface area contributed by atoms with Crippen LogP contribution >= 0.6 is 0 Å². The van der Waals surface area contributed by atoms with Crippen molar-refractivity contribution >= 4 is 22.7 Å². The van der Waals surface area contributed by atoms with E-state index < -0.39 is 17.9 Å². The summed E-state index contributed by atoms with van der Waals surface area (Å²) in [7, 11) is 0. The van der Waals surface area contributed by atoms with Gasteiger partial charge >= 0.3 is 0 Å². The van der Waals surface area contributed by atoms with Crippen LogP contribution in [0, 0.1) is 0 Å². The van der Waals surface area contributed by atoms with E-state index in [4.69, 9.17) is 5.84 Å². The number of carbonyl (C=O) groups is 2. The smallest absolute Gasteiger partial charge is 0.256 e. The average Bonchev–Trinajstić information content (AvgIpc) is 3.22.